The summed E-state index contributed by atoms with van der Waals surface area (Å²) in [5, 5.41) is 9.77. The van der Waals surface area contributed by atoms with Gasteiger partial charge in [-0.15, -0.1) is 0 Å². The molecule has 168 valence electrons. The van der Waals surface area contributed by atoms with Gasteiger partial charge in [-0.1, -0.05) is 12.1 Å². The van der Waals surface area contributed by atoms with E-state index in [1.165, 1.54) is 13.2 Å². The van der Waals surface area contributed by atoms with E-state index >= 15 is 0 Å². The summed E-state index contributed by atoms with van der Waals surface area (Å²) < 4.78 is 39.4. The highest BCUT2D eigenvalue weighted by Crippen LogP contribution is 2.27. The third-order valence-corrected chi connectivity index (χ3v) is 7.25. The first-order chi connectivity index (χ1) is 14.3. The number of carbonyl (C=O) groups is 1. The molecule has 0 unspecified atom stereocenters. The summed E-state index contributed by atoms with van der Waals surface area (Å²) in [6, 6.07) is 5.78. The quantitative estimate of drug-likeness (QED) is 0.615. The number of likely N-dealkylation sites (N-methyl/N-ethyl adjacent to an activating group) is 1. The Morgan fingerprint density at radius 3 is 2.60 bits per heavy atom. The van der Waals surface area contributed by atoms with Crippen LogP contribution in [0.3, 0.4) is 0 Å². The lowest BCUT2D eigenvalue weighted by atomic mass is 9.97. The summed E-state index contributed by atoms with van der Waals surface area (Å²) in [7, 11) is -0.409. The Morgan fingerprint density at radius 2 is 1.93 bits per heavy atom. The molecule has 0 aliphatic carbocycles. The molecule has 0 spiro atoms. The minimum atomic E-state index is -3.85. The maximum atomic E-state index is 12.8. The number of hydrogen-bond acceptors (Lipinski definition) is 7. The van der Waals surface area contributed by atoms with Crippen molar-refractivity contribution in [3.8, 4) is 5.75 Å². The third kappa shape index (κ3) is 5.50. The van der Waals surface area contributed by atoms with E-state index in [-0.39, 0.29) is 35.7 Å². The fraction of sp³-hybridized carbons (Fsp3) is 0.650. The number of aliphatic hydroxyl groups excluding tert-OH is 1. The van der Waals surface area contributed by atoms with Gasteiger partial charge in [-0.3, -0.25) is 4.79 Å². The van der Waals surface area contributed by atoms with Gasteiger partial charge in [0.15, 0.2) is 0 Å². The number of carbonyl (C=O) groups excluding carboxylic acids is 1. The second-order valence-electron chi connectivity index (χ2n) is 7.82. The van der Waals surface area contributed by atoms with E-state index in [4.69, 9.17) is 9.47 Å². The van der Waals surface area contributed by atoms with E-state index in [0.717, 1.165) is 13.1 Å². The number of rotatable bonds is 7. The predicted molar refractivity (Wildman–Crippen MR) is 111 cm³/mol. The summed E-state index contributed by atoms with van der Waals surface area (Å²) in [6.07, 6.45) is 0.205. The van der Waals surface area contributed by atoms with Crippen molar-refractivity contribution in [2.75, 3.05) is 46.9 Å². The van der Waals surface area contributed by atoms with E-state index in [9.17, 15) is 18.3 Å². The summed E-state index contributed by atoms with van der Waals surface area (Å²) in [5.41, 5.74) is 0. The van der Waals surface area contributed by atoms with Crippen LogP contribution in [0, 0.1) is 0 Å². The number of amides is 1. The van der Waals surface area contributed by atoms with Crippen LogP contribution in [0.2, 0.25) is 0 Å². The number of aliphatic hydroxyl groups is 1. The van der Waals surface area contributed by atoms with E-state index in [2.05, 4.69) is 9.62 Å². The number of hydrogen-bond donors (Lipinski definition) is 2. The molecule has 10 heteroatoms. The van der Waals surface area contributed by atoms with Crippen LogP contribution in [0.15, 0.2) is 29.2 Å². The van der Waals surface area contributed by atoms with Crippen molar-refractivity contribution in [2.24, 2.45) is 0 Å². The normalized spacial score (nSPS) is 25.8. The van der Waals surface area contributed by atoms with Crippen molar-refractivity contribution in [1.82, 2.24) is 14.5 Å². The van der Waals surface area contributed by atoms with Crippen LogP contribution < -0.4 is 9.46 Å². The lowest BCUT2D eigenvalue weighted by Crippen LogP contribution is -2.52. The topological polar surface area (TPSA) is 108 Å². The van der Waals surface area contributed by atoms with Crippen molar-refractivity contribution in [2.45, 2.75) is 42.4 Å². The fourth-order valence-electron chi connectivity index (χ4n) is 3.90. The molecular formula is C20H31N3O6S. The molecule has 0 aromatic heterocycles. The molecule has 0 saturated carbocycles. The minimum Gasteiger partial charge on any atom is -0.495 e. The monoisotopic (exact) mass is 441 g/mol. The molecule has 2 aliphatic rings. The number of methoxy groups -OCH3 is 1. The molecule has 2 fully saturated rings. The lowest BCUT2D eigenvalue weighted by Gasteiger charge is -2.37. The second-order valence-corrected chi connectivity index (χ2v) is 9.51. The number of nitrogens with one attached hydrogen (secondary N) is 1. The van der Waals surface area contributed by atoms with Gasteiger partial charge < -0.3 is 24.4 Å². The van der Waals surface area contributed by atoms with Gasteiger partial charge >= 0.3 is 0 Å². The van der Waals surface area contributed by atoms with E-state index in [0.29, 0.717) is 25.9 Å². The summed E-state index contributed by atoms with van der Waals surface area (Å²) in [5.74, 6) is 0.288. The van der Waals surface area contributed by atoms with Crippen LogP contribution in [0.5, 0.6) is 5.75 Å². The third-order valence-electron chi connectivity index (χ3n) is 5.72. The van der Waals surface area contributed by atoms with Gasteiger partial charge in [0.1, 0.15) is 10.6 Å². The Hall–Kier alpha value is -1.72. The van der Waals surface area contributed by atoms with Crippen LogP contribution in [-0.4, -0.2) is 94.4 Å². The van der Waals surface area contributed by atoms with Crippen LogP contribution >= 0.6 is 0 Å². The Bertz CT molecular complexity index is 826. The van der Waals surface area contributed by atoms with Crippen molar-refractivity contribution in [3.63, 3.8) is 0 Å². The van der Waals surface area contributed by atoms with Gasteiger partial charge in [0.05, 0.1) is 38.4 Å². The summed E-state index contributed by atoms with van der Waals surface area (Å²) >= 11 is 0. The maximum absolute atomic E-state index is 12.8. The summed E-state index contributed by atoms with van der Waals surface area (Å²) in [6.45, 7) is 2.77. The van der Waals surface area contributed by atoms with Gasteiger partial charge in [0.25, 0.3) is 0 Å². The zero-order chi connectivity index (χ0) is 21.7. The molecule has 9 nitrogen and oxygen atoms in total. The Labute approximate surface area is 178 Å². The molecule has 2 aliphatic heterocycles. The Balaban J connectivity index is 1.60. The van der Waals surface area contributed by atoms with Crippen molar-refractivity contribution in [3.05, 3.63) is 24.3 Å². The van der Waals surface area contributed by atoms with Crippen LogP contribution in [-0.2, 0) is 19.6 Å². The largest absolute Gasteiger partial charge is 0.495 e. The number of piperazine rings is 1. The highest BCUT2D eigenvalue weighted by molar-refractivity contribution is 7.89. The van der Waals surface area contributed by atoms with Gasteiger partial charge in [-0.25, -0.2) is 13.1 Å². The number of nitrogens with zero attached hydrogens (tertiary/aromatic N) is 2. The van der Waals surface area contributed by atoms with Gasteiger partial charge in [0, 0.05) is 26.2 Å². The molecule has 1 amide bonds. The first kappa shape index (κ1) is 23.0. The lowest BCUT2D eigenvalue weighted by molar-refractivity contribution is -0.141. The molecule has 1 aromatic carbocycles. The molecule has 2 N–H and O–H groups in total. The molecular weight excluding hydrogens is 410 g/mol. The van der Waals surface area contributed by atoms with Crippen molar-refractivity contribution >= 4 is 15.9 Å². The molecule has 2 saturated heterocycles. The van der Waals surface area contributed by atoms with Crippen LogP contribution in [0.1, 0.15) is 19.3 Å². The second kappa shape index (κ2) is 10.1. The SMILES string of the molecule is COc1ccccc1S(=O)(=O)N[C@@H]1CC[C@H](CC(=O)N2CCN(C)CC2)O[C@H]1CO. The standard InChI is InChI=1S/C20H31N3O6S/c1-22-9-11-23(12-10-22)20(25)13-15-7-8-16(18(14-24)29-15)21-30(26,27)19-6-4-3-5-17(19)28-2/h3-6,15-16,18,21,24H,7-14H2,1-2H3/t15-,16-,18+/m1/s1. The van der Waals surface area contributed by atoms with Crippen LogP contribution in [0.25, 0.3) is 0 Å². The zero-order valence-electron chi connectivity index (χ0n) is 17.5. The molecule has 2 heterocycles. The Morgan fingerprint density at radius 1 is 1.23 bits per heavy atom. The first-order valence-electron chi connectivity index (χ1n) is 10.2. The van der Waals surface area contributed by atoms with Gasteiger partial charge in [0.2, 0.25) is 15.9 Å². The average molecular weight is 442 g/mol. The number of ether oxygens (including phenoxy) is 2. The van der Waals surface area contributed by atoms with E-state index in [1.807, 2.05) is 11.9 Å². The average Bonchev–Trinajstić information content (AvgIpc) is 2.75. The highest BCUT2D eigenvalue weighted by Gasteiger charge is 2.36. The fourth-order valence-corrected chi connectivity index (χ4v) is 5.37. The smallest absolute Gasteiger partial charge is 0.244 e. The van der Waals surface area contributed by atoms with E-state index in [1.54, 1.807) is 18.2 Å². The van der Waals surface area contributed by atoms with E-state index < -0.39 is 22.2 Å². The highest BCUT2D eigenvalue weighted by atomic mass is 32.2. The van der Waals surface area contributed by atoms with Crippen molar-refractivity contribution < 1.29 is 27.8 Å². The molecule has 3 atom stereocenters. The molecule has 0 bridgehead atoms. The number of benzene rings is 1. The Kier molecular flexibility index (Phi) is 7.70. The van der Waals surface area contributed by atoms with Crippen molar-refractivity contribution in [1.29, 1.82) is 0 Å². The van der Waals surface area contributed by atoms with Crippen LogP contribution in [0.4, 0.5) is 0 Å². The molecule has 1 aromatic rings. The number of para-hydroxylation sites is 1. The molecule has 30 heavy (non-hydrogen) atoms. The predicted octanol–water partition coefficient (Wildman–Crippen LogP) is 0.0461. The summed E-state index contributed by atoms with van der Waals surface area (Å²) in [4.78, 5) is 16.6. The zero-order valence-corrected chi connectivity index (χ0v) is 18.3. The number of sulfonamides is 1. The van der Waals surface area contributed by atoms with Gasteiger partial charge in [-0.05, 0) is 32.0 Å². The molecule has 0 radical (unpaired) electrons. The first-order valence-corrected chi connectivity index (χ1v) is 11.7. The maximum Gasteiger partial charge on any atom is 0.244 e. The van der Waals surface area contributed by atoms with Gasteiger partial charge in [-0.2, -0.15) is 0 Å². The minimum absolute atomic E-state index is 0.0385. The molecule has 3 rings (SSSR count).